The number of hydrogen-bond acceptors (Lipinski definition) is 3. The van der Waals surface area contributed by atoms with E-state index in [0.29, 0.717) is 6.04 Å². The second-order valence-electron chi connectivity index (χ2n) is 6.32. The molecule has 0 aromatic heterocycles. The van der Waals surface area contributed by atoms with Crippen molar-refractivity contribution in [1.82, 2.24) is 5.32 Å². The minimum Gasteiger partial charge on any atom is -0.488 e. The Morgan fingerprint density at radius 3 is 2.81 bits per heavy atom. The van der Waals surface area contributed by atoms with Crippen LogP contribution in [0.15, 0.2) is 24.3 Å². The maximum atomic E-state index is 6.21. The Balaban J connectivity index is 1.62. The van der Waals surface area contributed by atoms with Gasteiger partial charge in [0.15, 0.2) is 0 Å². The van der Waals surface area contributed by atoms with E-state index >= 15 is 0 Å². The van der Waals surface area contributed by atoms with Gasteiger partial charge in [-0.1, -0.05) is 25.1 Å². The molecule has 116 valence electrons. The first-order chi connectivity index (χ1) is 10.4. The van der Waals surface area contributed by atoms with Gasteiger partial charge < -0.3 is 14.8 Å². The molecule has 3 rings (SSSR count). The van der Waals surface area contributed by atoms with Crippen molar-refractivity contribution >= 4 is 0 Å². The summed E-state index contributed by atoms with van der Waals surface area (Å²) in [5.41, 5.74) is 1.36. The second-order valence-corrected chi connectivity index (χ2v) is 6.32. The highest BCUT2D eigenvalue weighted by molar-refractivity contribution is 5.37. The molecule has 1 fully saturated rings. The molecule has 2 aliphatic heterocycles. The van der Waals surface area contributed by atoms with Gasteiger partial charge in [0.25, 0.3) is 0 Å². The van der Waals surface area contributed by atoms with Crippen molar-refractivity contribution in [2.24, 2.45) is 5.92 Å². The van der Waals surface area contributed by atoms with Gasteiger partial charge in [-0.15, -0.1) is 0 Å². The molecular weight excluding hydrogens is 262 g/mol. The molecule has 0 radical (unpaired) electrons. The van der Waals surface area contributed by atoms with Crippen molar-refractivity contribution in [2.75, 3.05) is 19.8 Å². The molecule has 2 aliphatic rings. The molecule has 3 heteroatoms. The molecular formula is C18H27NO2. The molecule has 1 N–H and O–H groups in total. The van der Waals surface area contributed by atoms with Crippen molar-refractivity contribution in [1.29, 1.82) is 0 Å². The van der Waals surface area contributed by atoms with Gasteiger partial charge in [-0.3, -0.25) is 0 Å². The molecule has 0 saturated carbocycles. The highest BCUT2D eigenvalue weighted by Crippen LogP contribution is 2.32. The number of para-hydroxylation sites is 1. The lowest BCUT2D eigenvalue weighted by molar-refractivity contribution is 0.0531. The van der Waals surface area contributed by atoms with E-state index in [1.54, 1.807) is 0 Å². The van der Waals surface area contributed by atoms with E-state index in [0.717, 1.165) is 37.8 Å². The van der Waals surface area contributed by atoms with Crippen LogP contribution in [0, 0.1) is 5.92 Å². The van der Waals surface area contributed by atoms with E-state index < -0.39 is 0 Å². The summed E-state index contributed by atoms with van der Waals surface area (Å²) < 4.78 is 11.7. The molecule has 1 aromatic carbocycles. The zero-order valence-corrected chi connectivity index (χ0v) is 13.0. The minimum atomic E-state index is 0.289. The van der Waals surface area contributed by atoms with E-state index in [1.165, 1.54) is 31.2 Å². The Hall–Kier alpha value is -1.06. The Labute approximate surface area is 128 Å². The van der Waals surface area contributed by atoms with Crippen LogP contribution in [0.25, 0.3) is 0 Å². The first-order valence-corrected chi connectivity index (χ1v) is 8.42. The zero-order chi connectivity index (χ0) is 14.5. The summed E-state index contributed by atoms with van der Waals surface area (Å²) >= 11 is 0. The standard InChI is InChI=1S/C18H27NO2/c1-2-9-19-16(12-14-7-10-20-11-8-14)18-13-15-5-3-4-6-17(15)21-18/h3-6,14,16,18-19H,2,7-13H2,1H3. The predicted molar refractivity (Wildman–Crippen MR) is 84.8 cm³/mol. The smallest absolute Gasteiger partial charge is 0.123 e. The van der Waals surface area contributed by atoms with E-state index in [9.17, 15) is 0 Å². The normalized spacial score (nSPS) is 23.6. The Morgan fingerprint density at radius 2 is 2.05 bits per heavy atom. The van der Waals surface area contributed by atoms with Crippen LogP contribution in [-0.4, -0.2) is 31.9 Å². The average Bonchev–Trinajstić information content (AvgIpc) is 2.96. The van der Waals surface area contributed by atoms with Gasteiger partial charge in [0.2, 0.25) is 0 Å². The maximum absolute atomic E-state index is 6.21. The van der Waals surface area contributed by atoms with E-state index in [1.807, 2.05) is 0 Å². The first-order valence-electron chi connectivity index (χ1n) is 8.42. The summed E-state index contributed by atoms with van der Waals surface area (Å²) in [5, 5.41) is 3.73. The van der Waals surface area contributed by atoms with Crippen LogP contribution < -0.4 is 10.1 Å². The third-order valence-corrected chi connectivity index (χ3v) is 4.71. The molecule has 1 aromatic rings. The van der Waals surface area contributed by atoms with Gasteiger partial charge in [0.1, 0.15) is 11.9 Å². The topological polar surface area (TPSA) is 30.5 Å². The second kappa shape index (κ2) is 7.28. The molecule has 0 amide bonds. The Bertz CT molecular complexity index is 418. The van der Waals surface area contributed by atoms with Crippen LogP contribution in [-0.2, 0) is 11.2 Å². The van der Waals surface area contributed by atoms with E-state index in [4.69, 9.17) is 9.47 Å². The summed E-state index contributed by atoms with van der Waals surface area (Å²) in [7, 11) is 0. The summed E-state index contributed by atoms with van der Waals surface area (Å²) in [6.07, 6.45) is 6.11. The first kappa shape index (κ1) is 14.9. The number of nitrogens with one attached hydrogen (secondary N) is 1. The number of rotatable bonds is 6. The van der Waals surface area contributed by atoms with Gasteiger partial charge in [-0.25, -0.2) is 0 Å². The number of hydrogen-bond donors (Lipinski definition) is 1. The lowest BCUT2D eigenvalue weighted by Crippen LogP contribution is -2.44. The molecule has 0 aliphatic carbocycles. The third-order valence-electron chi connectivity index (χ3n) is 4.71. The lowest BCUT2D eigenvalue weighted by Gasteiger charge is -2.30. The van der Waals surface area contributed by atoms with Crippen molar-refractivity contribution in [3.8, 4) is 5.75 Å². The summed E-state index contributed by atoms with van der Waals surface area (Å²) in [6, 6.07) is 8.92. The maximum Gasteiger partial charge on any atom is 0.123 e. The van der Waals surface area contributed by atoms with Crippen molar-refractivity contribution in [2.45, 2.75) is 51.2 Å². The van der Waals surface area contributed by atoms with Crippen LogP contribution in [0.1, 0.15) is 38.2 Å². The molecule has 2 unspecified atom stereocenters. The van der Waals surface area contributed by atoms with E-state index in [2.05, 4.69) is 36.5 Å². The fourth-order valence-electron chi connectivity index (χ4n) is 3.47. The molecule has 21 heavy (non-hydrogen) atoms. The highest BCUT2D eigenvalue weighted by Gasteiger charge is 2.31. The van der Waals surface area contributed by atoms with Gasteiger partial charge in [0.05, 0.1) is 0 Å². The summed E-state index contributed by atoms with van der Waals surface area (Å²) in [4.78, 5) is 0. The Kier molecular flexibility index (Phi) is 5.15. The van der Waals surface area contributed by atoms with Gasteiger partial charge in [-0.05, 0) is 49.8 Å². The number of ether oxygens (including phenoxy) is 2. The molecule has 0 spiro atoms. The summed E-state index contributed by atoms with van der Waals surface area (Å²) in [5.74, 6) is 1.86. The van der Waals surface area contributed by atoms with Crippen LogP contribution in [0.4, 0.5) is 0 Å². The predicted octanol–water partition coefficient (Wildman–Crippen LogP) is 3.18. The zero-order valence-electron chi connectivity index (χ0n) is 13.0. The van der Waals surface area contributed by atoms with Crippen LogP contribution in [0.5, 0.6) is 5.75 Å². The minimum absolute atomic E-state index is 0.289. The summed E-state index contributed by atoms with van der Waals surface area (Å²) in [6.45, 7) is 5.15. The molecule has 2 atom stereocenters. The van der Waals surface area contributed by atoms with Gasteiger partial charge in [0, 0.05) is 25.7 Å². The van der Waals surface area contributed by atoms with Crippen LogP contribution >= 0.6 is 0 Å². The van der Waals surface area contributed by atoms with Crippen molar-refractivity contribution < 1.29 is 9.47 Å². The molecule has 1 saturated heterocycles. The average molecular weight is 289 g/mol. The largest absolute Gasteiger partial charge is 0.488 e. The highest BCUT2D eigenvalue weighted by atomic mass is 16.5. The van der Waals surface area contributed by atoms with Gasteiger partial charge >= 0.3 is 0 Å². The number of benzene rings is 1. The fraction of sp³-hybridized carbons (Fsp3) is 0.667. The SMILES string of the molecule is CCCNC(CC1CCOCC1)C1Cc2ccccc2O1. The third kappa shape index (κ3) is 3.78. The Morgan fingerprint density at radius 1 is 1.24 bits per heavy atom. The molecule has 0 bridgehead atoms. The van der Waals surface area contributed by atoms with Crippen molar-refractivity contribution in [3.63, 3.8) is 0 Å². The number of fused-ring (bicyclic) bond motifs is 1. The quantitative estimate of drug-likeness (QED) is 0.872. The van der Waals surface area contributed by atoms with Crippen LogP contribution in [0.3, 0.4) is 0 Å². The van der Waals surface area contributed by atoms with Crippen molar-refractivity contribution in [3.05, 3.63) is 29.8 Å². The lowest BCUT2D eigenvalue weighted by atomic mass is 9.89. The monoisotopic (exact) mass is 289 g/mol. The fourth-order valence-corrected chi connectivity index (χ4v) is 3.47. The van der Waals surface area contributed by atoms with Gasteiger partial charge in [-0.2, -0.15) is 0 Å². The molecule has 2 heterocycles. The van der Waals surface area contributed by atoms with Crippen LogP contribution in [0.2, 0.25) is 0 Å². The van der Waals surface area contributed by atoms with E-state index in [-0.39, 0.29) is 6.10 Å². The molecule has 3 nitrogen and oxygen atoms in total.